The first-order valence-electron chi connectivity index (χ1n) is 5.63. The van der Waals surface area contributed by atoms with Crippen LogP contribution in [0.1, 0.15) is 13.8 Å². The van der Waals surface area contributed by atoms with E-state index in [1.807, 2.05) is 0 Å². The molecular formula is C12H14BrNO6. The fourth-order valence-corrected chi connectivity index (χ4v) is 1.72. The van der Waals surface area contributed by atoms with Crippen molar-refractivity contribution in [1.29, 1.82) is 0 Å². The van der Waals surface area contributed by atoms with E-state index in [4.69, 9.17) is 9.47 Å². The summed E-state index contributed by atoms with van der Waals surface area (Å²) in [6.45, 7) is 2.79. The van der Waals surface area contributed by atoms with E-state index in [-0.39, 0.29) is 23.8 Å². The Balaban J connectivity index is 2.90. The molecule has 0 bridgehead atoms. The van der Waals surface area contributed by atoms with Crippen LogP contribution in [0.15, 0.2) is 18.2 Å². The first kappa shape index (κ1) is 16.2. The summed E-state index contributed by atoms with van der Waals surface area (Å²) in [5.74, 6) is -0.728. The SMILES string of the molecule is CC(=O)OC(C)(CBr)COc1cc(O)ccc1[N+](=O)[O-]. The highest BCUT2D eigenvalue weighted by atomic mass is 79.9. The standard InChI is InChI=1S/C12H14BrNO6/c1-8(15)20-12(2,6-13)7-19-11-5-9(16)3-4-10(11)14(17)18/h3-5,16H,6-7H2,1-2H3. The third-order valence-electron chi connectivity index (χ3n) is 2.35. The van der Waals surface area contributed by atoms with Crippen LogP contribution in [0.3, 0.4) is 0 Å². The average molecular weight is 348 g/mol. The van der Waals surface area contributed by atoms with Gasteiger partial charge in [0.05, 0.1) is 4.92 Å². The Morgan fingerprint density at radius 2 is 2.20 bits per heavy atom. The zero-order valence-corrected chi connectivity index (χ0v) is 12.5. The Morgan fingerprint density at radius 1 is 1.55 bits per heavy atom. The van der Waals surface area contributed by atoms with Crippen LogP contribution in [-0.2, 0) is 9.53 Å². The number of hydrogen-bond acceptors (Lipinski definition) is 6. The second-order valence-corrected chi connectivity index (χ2v) is 4.94. The summed E-state index contributed by atoms with van der Waals surface area (Å²) in [5.41, 5.74) is -1.24. The number of phenols is 1. The number of hydrogen-bond donors (Lipinski definition) is 1. The quantitative estimate of drug-likeness (QED) is 0.367. The van der Waals surface area contributed by atoms with Crippen LogP contribution in [0.25, 0.3) is 0 Å². The summed E-state index contributed by atoms with van der Waals surface area (Å²) in [5, 5.41) is 20.5. The number of halogens is 1. The summed E-state index contributed by atoms with van der Waals surface area (Å²) >= 11 is 3.20. The maximum absolute atomic E-state index is 11.0. The molecule has 1 atom stereocenters. The zero-order valence-electron chi connectivity index (χ0n) is 11.0. The highest BCUT2D eigenvalue weighted by molar-refractivity contribution is 9.09. The number of nitro groups is 1. The number of nitrogens with zero attached hydrogens (tertiary/aromatic N) is 1. The molecule has 0 fully saturated rings. The molecule has 0 saturated carbocycles. The topological polar surface area (TPSA) is 98.9 Å². The van der Waals surface area contributed by atoms with Gasteiger partial charge in [-0.1, -0.05) is 15.9 Å². The van der Waals surface area contributed by atoms with Crippen LogP contribution >= 0.6 is 15.9 Å². The fraction of sp³-hybridized carbons (Fsp3) is 0.417. The first-order chi connectivity index (χ1) is 9.27. The minimum Gasteiger partial charge on any atom is -0.508 e. The van der Waals surface area contributed by atoms with Crippen LogP contribution in [0, 0.1) is 10.1 Å². The summed E-state index contributed by atoms with van der Waals surface area (Å²) < 4.78 is 10.4. The van der Waals surface area contributed by atoms with E-state index >= 15 is 0 Å². The lowest BCUT2D eigenvalue weighted by atomic mass is 10.1. The van der Waals surface area contributed by atoms with Gasteiger partial charge in [0, 0.05) is 24.4 Å². The molecule has 0 radical (unpaired) electrons. The Morgan fingerprint density at radius 3 is 2.70 bits per heavy atom. The van der Waals surface area contributed by atoms with Crippen molar-refractivity contribution in [1.82, 2.24) is 0 Å². The Hall–Kier alpha value is -1.83. The van der Waals surface area contributed by atoms with Gasteiger partial charge in [-0.05, 0) is 13.0 Å². The number of benzene rings is 1. The number of alkyl halides is 1. The van der Waals surface area contributed by atoms with Crippen molar-refractivity contribution in [2.45, 2.75) is 19.4 Å². The van der Waals surface area contributed by atoms with E-state index in [9.17, 15) is 20.0 Å². The van der Waals surface area contributed by atoms with Crippen molar-refractivity contribution in [3.05, 3.63) is 28.3 Å². The molecule has 0 amide bonds. The molecule has 7 nitrogen and oxygen atoms in total. The number of nitro benzene ring substituents is 1. The number of rotatable bonds is 6. The zero-order chi connectivity index (χ0) is 15.3. The lowest BCUT2D eigenvalue weighted by Gasteiger charge is -2.26. The van der Waals surface area contributed by atoms with Gasteiger partial charge in [-0.25, -0.2) is 0 Å². The van der Waals surface area contributed by atoms with Crippen molar-refractivity contribution in [2.24, 2.45) is 0 Å². The van der Waals surface area contributed by atoms with Gasteiger partial charge in [-0.3, -0.25) is 14.9 Å². The molecule has 1 N–H and O–H groups in total. The van der Waals surface area contributed by atoms with Crippen LogP contribution < -0.4 is 4.74 Å². The predicted molar refractivity (Wildman–Crippen MR) is 74.2 cm³/mol. The largest absolute Gasteiger partial charge is 0.508 e. The van der Waals surface area contributed by atoms with Crippen molar-refractivity contribution >= 4 is 27.6 Å². The smallest absolute Gasteiger partial charge is 0.311 e. The van der Waals surface area contributed by atoms with Gasteiger partial charge >= 0.3 is 11.7 Å². The molecule has 1 unspecified atom stereocenters. The molecule has 0 aromatic heterocycles. The second kappa shape index (κ2) is 6.56. The summed E-state index contributed by atoms with van der Waals surface area (Å²) in [6.07, 6.45) is 0. The molecule has 0 spiro atoms. The number of esters is 1. The number of carbonyl (C=O) groups is 1. The highest BCUT2D eigenvalue weighted by Crippen LogP contribution is 2.31. The van der Waals surface area contributed by atoms with Crippen LogP contribution in [0.4, 0.5) is 5.69 Å². The molecular weight excluding hydrogens is 334 g/mol. The maximum Gasteiger partial charge on any atom is 0.311 e. The molecule has 0 aliphatic rings. The molecule has 20 heavy (non-hydrogen) atoms. The Bertz CT molecular complexity index is 521. The molecule has 8 heteroatoms. The van der Waals surface area contributed by atoms with Crippen molar-refractivity contribution < 1.29 is 24.3 Å². The third kappa shape index (κ3) is 4.37. The van der Waals surface area contributed by atoms with Crippen LogP contribution in [0.2, 0.25) is 0 Å². The summed E-state index contributed by atoms with van der Waals surface area (Å²) in [6, 6.07) is 3.48. The molecule has 0 saturated heterocycles. The molecule has 1 aromatic rings. The van der Waals surface area contributed by atoms with Gasteiger partial charge in [0.25, 0.3) is 0 Å². The van der Waals surface area contributed by atoms with Gasteiger partial charge in [-0.15, -0.1) is 0 Å². The average Bonchev–Trinajstić information content (AvgIpc) is 2.35. The number of phenolic OH excluding ortho intramolecular Hbond substituents is 1. The third-order valence-corrected chi connectivity index (χ3v) is 3.53. The van der Waals surface area contributed by atoms with E-state index in [2.05, 4.69) is 15.9 Å². The lowest BCUT2D eigenvalue weighted by Crippen LogP contribution is -2.39. The lowest BCUT2D eigenvalue weighted by molar-refractivity contribution is -0.386. The minimum absolute atomic E-state index is 0.0886. The molecule has 110 valence electrons. The van der Waals surface area contributed by atoms with E-state index in [1.165, 1.54) is 13.0 Å². The molecule has 1 aromatic carbocycles. The molecule has 0 heterocycles. The van der Waals surface area contributed by atoms with Crippen molar-refractivity contribution in [2.75, 3.05) is 11.9 Å². The van der Waals surface area contributed by atoms with Gasteiger partial charge in [0.1, 0.15) is 12.4 Å². The van der Waals surface area contributed by atoms with E-state index < -0.39 is 16.5 Å². The Labute approximate surface area is 123 Å². The van der Waals surface area contributed by atoms with Crippen LogP contribution in [0.5, 0.6) is 11.5 Å². The summed E-state index contributed by atoms with van der Waals surface area (Å²) in [4.78, 5) is 21.2. The van der Waals surface area contributed by atoms with Gasteiger partial charge in [0.2, 0.25) is 5.75 Å². The fourth-order valence-electron chi connectivity index (χ4n) is 1.44. The predicted octanol–water partition coefficient (Wildman–Crippen LogP) is 2.40. The molecule has 1 rings (SSSR count). The highest BCUT2D eigenvalue weighted by Gasteiger charge is 2.29. The number of ether oxygens (including phenoxy) is 2. The normalized spacial score (nSPS) is 13.3. The first-order valence-corrected chi connectivity index (χ1v) is 6.75. The number of carbonyl (C=O) groups excluding carboxylic acids is 1. The van der Waals surface area contributed by atoms with Gasteiger partial charge in [-0.2, -0.15) is 0 Å². The second-order valence-electron chi connectivity index (χ2n) is 4.37. The van der Waals surface area contributed by atoms with Crippen molar-refractivity contribution in [3.63, 3.8) is 0 Å². The Kier molecular flexibility index (Phi) is 5.32. The van der Waals surface area contributed by atoms with E-state index in [0.29, 0.717) is 5.33 Å². The van der Waals surface area contributed by atoms with Gasteiger partial charge < -0.3 is 14.6 Å². The van der Waals surface area contributed by atoms with Crippen molar-refractivity contribution in [3.8, 4) is 11.5 Å². The van der Waals surface area contributed by atoms with Gasteiger partial charge in [0.15, 0.2) is 5.60 Å². The van der Waals surface area contributed by atoms with Crippen LogP contribution in [-0.4, -0.2) is 33.5 Å². The molecule has 0 aliphatic heterocycles. The maximum atomic E-state index is 11.0. The van der Waals surface area contributed by atoms with E-state index in [1.54, 1.807) is 6.92 Å². The summed E-state index contributed by atoms with van der Waals surface area (Å²) in [7, 11) is 0. The molecule has 0 aliphatic carbocycles. The number of aromatic hydroxyl groups is 1. The monoisotopic (exact) mass is 347 g/mol. The minimum atomic E-state index is -0.967. The van der Waals surface area contributed by atoms with E-state index in [0.717, 1.165) is 12.1 Å².